The average molecular weight is 299 g/mol. The maximum absolute atomic E-state index is 10.7. The Hall–Kier alpha value is -2.62. The van der Waals surface area contributed by atoms with Crippen molar-refractivity contribution in [1.82, 2.24) is 0 Å². The summed E-state index contributed by atoms with van der Waals surface area (Å²) in [6.45, 7) is 2.20. The van der Waals surface area contributed by atoms with Crippen LogP contribution in [0.4, 0.5) is 0 Å². The second-order valence-electron chi connectivity index (χ2n) is 4.84. The molecule has 2 aromatic carbocycles. The summed E-state index contributed by atoms with van der Waals surface area (Å²) in [5.74, 6) is -1.58. The monoisotopic (exact) mass is 299 g/mol. The lowest BCUT2D eigenvalue weighted by Gasteiger charge is -2.01. The van der Waals surface area contributed by atoms with E-state index in [9.17, 15) is 9.59 Å². The number of rotatable bonds is 5. The molecule has 2 rings (SSSR count). The molecule has 0 bridgehead atoms. The number of hydrogen-bond acceptors (Lipinski definition) is 2. The van der Waals surface area contributed by atoms with Crippen LogP contribution >= 0.6 is 0 Å². The number of carboxylic acids is 1. The first-order chi connectivity index (χ1) is 10.5. The van der Waals surface area contributed by atoms with Crippen LogP contribution in [0.15, 0.2) is 54.6 Å². The molecule has 22 heavy (non-hydrogen) atoms. The van der Waals surface area contributed by atoms with Crippen LogP contribution in [-0.4, -0.2) is 17.0 Å². The molecule has 0 spiro atoms. The molecular weight excluding hydrogens is 278 g/mol. The van der Waals surface area contributed by atoms with E-state index in [1.165, 1.54) is 24.5 Å². The van der Waals surface area contributed by atoms with E-state index in [2.05, 4.69) is 37.3 Å². The topological polar surface area (TPSA) is 80.4 Å². The molecule has 0 aliphatic rings. The Morgan fingerprint density at radius 1 is 1.00 bits per heavy atom. The minimum absolute atomic E-state index is 0.0392. The van der Waals surface area contributed by atoms with E-state index in [1.807, 2.05) is 0 Å². The normalized spacial score (nSPS) is 9.50. The van der Waals surface area contributed by atoms with Gasteiger partial charge in [0.1, 0.15) is 0 Å². The number of carbonyl (C=O) groups is 2. The summed E-state index contributed by atoms with van der Waals surface area (Å²) in [5, 5.41) is 8.73. The molecule has 0 aliphatic carbocycles. The molecule has 0 unspecified atom stereocenters. The van der Waals surface area contributed by atoms with Crippen molar-refractivity contribution in [2.75, 3.05) is 0 Å². The Kier molecular flexibility index (Phi) is 7.40. The fraction of sp³-hybridized carbons (Fsp3) is 0.222. The number of aromatic carboxylic acids is 1. The summed E-state index contributed by atoms with van der Waals surface area (Å²) in [6, 6.07) is 16.9. The highest BCUT2D eigenvalue weighted by molar-refractivity contribution is 5.91. The lowest BCUT2D eigenvalue weighted by molar-refractivity contribution is -0.117. The zero-order valence-electron chi connectivity index (χ0n) is 12.7. The molecule has 1 amide bonds. The average Bonchev–Trinajstić information content (AvgIpc) is 2.49. The number of hydrogen-bond donors (Lipinski definition) is 2. The molecule has 0 aliphatic heterocycles. The number of amides is 1. The summed E-state index contributed by atoms with van der Waals surface area (Å²) in [5.41, 5.74) is 6.98. The molecule has 2 aromatic rings. The molecule has 116 valence electrons. The molecule has 0 saturated carbocycles. The first kappa shape index (κ1) is 17.4. The maximum Gasteiger partial charge on any atom is 0.335 e. The molecule has 0 atom stereocenters. The highest BCUT2D eigenvalue weighted by Gasteiger charge is 2.09. The van der Waals surface area contributed by atoms with Gasteiger partial charge in [-0.05, 0) is 23.6 Å². The zero-order valence-corrected chi connectivity index (χ0v) is 12.7. The lowest BCUT2D eigenvalue weighted by Crippen LogP contribution is -2.16. The summed E-state index contributed by atoms with van der Waals surface area (Å²) in [7, 11) is 0. The van der Waals surface area contributed by atoms with Crippen molar-refractivity contribution in [1.29, 1.82) is 0 Å². The molecule has 0 fully saturated rings. The van der Waals surface area contributed by atoms with E-state index in [0.29, 0.717) is 5.56 Å². The summed E-state index contributed by atoms with van der Waals surface area (Å²) < 4.78 is 0. The Labute approximate surface area is 130 Å². The van der Waals surface area contributed by atoms with Gasteiger partial charge in [-0.1, -0.05) is 61.9 Å². The van der Waals surface area contributed by atoms with Crippen molar-refractivity contribution in [3.8, 4) is 0 Å². The summed E-state index contributed by atoms with van der Waals surface area (Å²) in [4.78, 5) is 21.2. The van der Waals surface area contributed by atoms with Gasteiger partial charge in [-0.3, -0.25) is 4.79 Å². The van der Waals surface area contributed by atoms with Gasteiger partial charge in [-0.25, -0.2) is 4.79 Å². The Bertz CT molecular complexity index is 609. The second kappa shape index (κ2) is 9.34. The van der Waals surface area contributed by atoms with Gasteiger partial charge in [0.05, 0.1) is 12.0 Å². The Morgan fingerprint density at radius 3 is 2.14 bits per heavy atom. The van der Waals surface area contributed by atoms with Crippen LogP contribution in [0, 0.1) is 0 Å². The standard InChI is InChI=1S/C9H9NO3.C9H12/c10-8(11)5-6-3-1-2-4-7(6)9(12)13;1-2-6-9-7-4-3-5-8-9/h1-4H,5H2,(H2,10,11)(H,12,13);3-5,7-8H,2,6H2,1H3. The third kappa shape index (κ3) is 6.22. The first-order valence-corrected chi connectivity index (χ1v) is 7.18. The quantitative estimate of drug-likeness (QED) is 0.890. The van der Waals surface area contributed by atoms with E-state index in [4.69, 9.17) is 10.8 Å². The van der Waals surface area contributed by atoms with Gasteiger partial charge in [0.2, 0.25) is 5.91 Å². The van der Waals surface area contributed by atoms with Crippen LogP contribution in [0.5, 0.6) is 0 Å². The lowest BCUT2D eigenvalue weighted by atomic mass is 10.0. The number of nitrogens with two attached hydrogens (primary N) is 1. The number of benzene rings is 2. The van der Waals surface area contributed by atoms with Gasteiger partial charge in [-0.2, -0.15) is 0 Å². The van der Waals surface area contributed by atoms with Gasteiger partial charge in [0, 0.05) is 0 Å². The fourth-order valence-corrected chi connectivity index (χ4v) is 2.00. The van der Waals surface area contributed by atoms with E-state index >= 15 is 0 Å². The summed E-state index contributed by atoms with van der Waals surface area (Å²) >= 11 is 0. The molecule has 4 nitrogen and oxygen atoms in total. The van der Waals surface area contributed by atoms with Crippen LogP contribution in [0.3, 0.4) is 0 Å². The van der Waals surface area contributed by atoms with Crippen molar-refractivity contribution in [3.63, 3.8) is 0 Å². The number of aryl methyl sites for hydroxylation is 1. The Balaban J connectivity index is 0.000000235. The van der Waals surface area contributed by atoms with Gasteiger partial charge in [0.25, 0.3) is 0 Å². The van der Waals surface area contributed by atoms with Crippen molar-refractivity contribution < 1.29 is 14.7 Å². The van der Waals surface area contributed by atoms with Crippen molar-refractivity contribution in [3.05, 3.63) is 71.3 Å². The molecule has 3 N–H and O–H groups in total. The maximum atomic E-state index is 10.7. The number of carbonyl (C=O) groups excluding carboxylic acids is 1. The van der Waals surface area contributed by atoms with E-state index in [1.54, 1.807) is 18.2 Å². The first-order valence-electron chi connectivity index (χ1n) is 7.18. The van der Waals surface area contributed by atoms with E-state index in [-0.39, 0.29) is 12.0 Å². The highest BCUT2D eigenvalue weighted by atomic mass is 16.4. The minimum atomic E-state index is -1.04. The third-order valence-electron chi connectivity index (χ3n) is 2.99. The van der Waals surface area contributed by atoms with Crippen molar-refractivity contribution >= 4 is 11.9 Å². The predicted molar refractivity (Wildman–Crippen MR) is 86.7 cm³/mol. The van der Waals surface area contributed by atoms with Crippen LogP contribution in [0.2, 0.25) is 0 Å². The van der Waals surface area contributed by atoms with Crippen LogP contribution in [0.1, 0.15) is 34.8 Å². The van der Waals surface area contributed by atoms with Gasteiger partial charge in [-0.15, -0.1) is 0 Å². The molecule has 0 aromatic heterocycles. The summed E-state index contributed by atoms with van der Waals surface area (Å²) in [6.07, 6.45) is 2.41. The molecule has 0 radical (unpaired) electrons. The highest BCUT2D eigenvalue weighted by Crippen LogP contribution is 2.08. The predicted octanol–water partition coefficient (Wildman–Crippen LogP) is 3.05. The largest absolute Gasteiger partial charge is 0.478 e. The minimum Gasteiger partial charge on any atom is -0.478 e. The smallest absolute Gasteiger partial charge is 0.335 e. The van der Waals surface area contributed by atoms with Gasteiger partial charge < -0.3 is 10.8 Å². The van der Waals surface area contributed by atoms with Gasteiger partial charge in [0.15, 0.2) is 0 Å². The van der Waals surface area contributed by atoms with Crippen LogP contribution in [0.25, 0.3) is 0 Å². The fourth-order valence-electron chi connectivity index (χ4n) is 2.00. The van der Waals surface area contributed by atoms with Crippen LogP contribution < -0.4 is 5.73 Å². The molecule has 4 heteroatoms. The van der Waals surface area contributed by atoms with Crippen molar-refractivity contribution in [2.45, 2.75) is 26.2 Å². The zero-order chi connectivity index (χ0) is 16.4. The SMILES string of the molecule is CCCc1ccccc1.NC(=O)Cc1ccccc1C(=O)O. The molecular formula is C18H21NO3. The number of primary amides is 1. The Morgan fingerprint density at radius 2 is 1.59 bits per heavy atom. The molecule has 0 saturated heterocycles. The van der Waals surface area contributed by atoms with Crippen molar-refractivity contribution in [2.24, 2.45) is 5.73 Å². The van der Waals surface area contributed by atoms with Crippen LogP contribution in [-0.2, 0) is 17.6 Å². The molecule has 0 heterocycles. The van der Waals surface area contributed by atoms with Gasteiger partial charge >= 0.3 is 5.97 Å². The van der Waals surface area contributed by atoms with E-state index in [0.717, 1.165) is 0 Å². The van der Waals surface area contributed by atoms with E-state index < -0.39 is 11.9 Å². The third-order valence-corrected chi connectivity index (χ3v) is 2.99. The second-order valence-corrected chi connectivity index (χ2v) is 4.84. The number of carboxylic acid groups (broad SMARTS) is 1.